The van der Waals surface area contributed by atoms with Gasteiger partial charge in [0.2, 0.25) is 29.6 Å². The van der Waals surface area contributed by atoms with E-state index < -0.39 is 0 Å². The first-order chi connectivity index (χ1) is 5.61. The van der Waals surface area contributed by atoms with Crippen LogP contribution in [-0.4, -0.2) is 12.5 Å². The lowest BCUT2D eigenvalue weighted by Gasteiger charge is -1.94. The average molecular weight is 330 g/mol. The summed E-state index contributed by atoms with van der Waals surface area (Å²) in [6, 6.07) is 8.71. The smallest absolute Gasteiger partial charge is 0.000880 e. The maximum atomic E-state index is 3.56. The lowest BCUT2D eigenvalue weighted by Crippen LogP contribution is -1.91. The Morgan fingerprint density at radius 2 is 1.08 bits per heavy atom. The van der Waals surface area contributed by atoms with E-state index in [0.29, 0.717) is 0 Å². The molecule has 12 heavy (non-hydrogen) atoms. The summed E-state index contributed by atoms with van der Waals surface area (Å²) in [4.78, 5) is 2.72. The van der Waals surface area contributed by atoms with Gasteiger partial charge in [-0.1, -0.05) is 0 Å². The maximum Gasteiger partial charge on any atom is 0.238 e. The predicted octanol–water partition coefficient (Wildman–Crippen LogP) is 3.52. The standard InChI is InChI=1S/C8H10Br2S2/c1-11(9)7-3-5-8(6-4-7)12(2)10/h3-6H,1-2H3/q+2. The second kappa shape index (κ2) is 4.94. The molecule has 66 valence electrons. The van der Waals surface area contributed by atoms with Crippen molar-refractivity contribution < 1.29 is 0 Å². The number of hydrogen-bond donors (Lipinski definition) is 0. The van der Waals surface area contributed by atoms with E-state index in [-0.39, 0.29) is 18.7 Å². The Kier molecular flexibility index (Phi) is 4.51. The number of benzene rings is 1. The van der Waals surface area contributed by atoms with E-state index in [2.05, 4.69) is 66.4 Å². The molecular formula is C8H10Br2S2+2. The molecule has 0 aliphatic carbocycles. The van der Waals surface area contributed by atoms with E-state index in [1.807, 2.05) is 0 Å². The summed E-state index contributed by atoms with van der Waals surface area (Å²) in [6.45, 7) is 0. The molecule has 0 amide bonds. The fourth-order valence-corrected chi connectivity index (χ4v) is 3.13. The highest BCUT2D eigenvalue weighted by Crippen LogP contribution is 2.22. The Balaban J connectivity index is 2.86. The third kappa shape index (κ3) is 2.98. The van der Waals surface area contributed by atoms with E-state index in [1.165, 1.54) is 9.79 Å². The van der Waals surface area contributed by atoms with E-state index in [1.54, 1.807) is 0 Å². The fraction of sp³-hybridized carbons (Fsp3) is 0.250. The Morgan fingerprint density at radius 3 is 1.25 bits per heavy atom. The number of hydrogen-bond acceptors (Lipinski definition) is 0. The summed E-state index contributed by atoms with van der Waals surface area (Å²) in [5.74, 6) is 0. The lowest BCUT2D eigenvalue weighted by atomic mass is 10.4. The first-order valence-corrected chi connectivity index (χ1v) is 10.3. The van der Waals surface area contributed by atoms with Crippen molar-refractivity contribution in [2.45, 2.75) is 9.79 Å². The van der Waals surface area contributed by atoms with Crippen LogP contribution in [0.5, 0.6) is 0 Å². The predicted molar refractivity (Wildman–Crippen MR) is 67.4 cm³/mol. The lowest BCUT2D eigenvalue weighted by molar-refractivity contribution is 1.35. The second-order valence-corrected chi connectivity index (χ2v) is 10.9. The van der Waals surface area contributed by atoms with Gasteiger partial charge in [0.25, 0.3) is 0 Å². The molecule has 0 aliphatic rings. The molecule has 4 heteroatoms. The third-order valence-electron chi connectivity index (χ3n) is 1.47. The summed E-state index contributed by atoms with van der Waals surface area (Å²) in [6.07, 6.45) is 4.32. The van der Waals surface area contributed by atoms with Crippen molar-refractivity contribution >= 4 is 48.3 Å². The highest BCUT2D eigenvalue weighted by atomic mass is 79.9. The van der Waals surface area contributed by atoms with Crippen LogP contribution in [-0.2, 0) is 18.7 Å². The molecule has 0 N–H and O–H groups in total. The van der Waals surface area contributed by atoms with Gasteiger partial charge in [-0.2, -0.15) is 0 Å². The van der Waals surface area contributed by atoms with Crippen LogP contribution in [0.2, 0.25) is 0 Å². The van der Waals surface area contributed by atoms with Crippen molar-refractivity contribution in [3.63, 3.8) is 0 Å². The summed E-state index contributed by atoms with van der Waals surface area (Å²) in [5.41, 5.74) is 0. The molecule has 0 spiro atoms. The van der Waals surface area contributed by atoms with E-state index in [0.717, 1.165) is 0 Å². The first kappa shape index (κ1) is 11.0. The van der Waals surface area contributed by atoms with Crippen molar-refractivity contribution in [2.75, 3.05) is 12.5 Å². The van der Waals surface area contributed by atoms with Gasteiger partial charge >= 0.3 is 0 Å². The van der Waals surface area contributed by atoms with Crippen LogP contribution < -0.4 is 0 Å². The Hall–Kier alpha value is 0.880. The third-order valence-corrected chi connectivity index (χ3v) is 5.56. The van der Waals surface area contributed by atoms with Gasteiger partial charge in [-0.05, 0) is 24.3 Å². The van der Waals surface area contributed by atoms with Crippen LogP contribution in [0.15, 0.2) is 34.1 Å². The average Bonchev–Trinajstić information content (AvgIpc) is 2.04. The number of halogens is 2. The van der Waals surface area contributed by atoms with Crippen molar-refractivity contribution in [3.8, 4) is 0 Å². The zero-order chi connectivity index (χ0) is 9.14. The highest BCUT2D eigenvalue weighted by Gasteiger charge is 2.15. The molecule has 0 saturated carbocycles. The van der Waals surface area contributed by atoms with Gasteiger partial charge in [-0.25, -0.2) is 0 Å². The van der Waals surface area contributed by atoms with E-state index >= 15 is 0 Å². The maximum absolute atomic E-state index is 3.56. The normalized spacial score (nSPS) is 15.7. The molecule has 0 aliphatic heterocycles. The van der Waals surface area contributed by atoms with Gasteiger partial charge < -0.3 is 0 Å². The van der Waals surface area contributed by atoms with Gasteiger partial charge in [-0.3, -0.25) is 0 Å². The van der Waals surface area contributed by atoms with Gasteiger partial charge in [0.05, 0.1) is 18.7 Å². The van der Waals surface area contributed by atoms with Gasteiger partial charge in [0, 0.05) is 0 Å². The van der Waals surface area contributed by atoms with Crippen molar-refractivity contribution in [1.29, 1.82) is 0 Å². The molecule has 1 rings (SSSR count). The monoisotopic (exact) mass is 328 g/mol. The largest absolute Gasteiger partial charge is 0.238 e. The Labute approximate surface area is 94.2 Å². The summed E-state index contributed by atoms with van der Waals surface area (Å²) < 4.78 is 0. The zero-order valence-corrected chi connectivity index (χ0v) is 11.7. The first-order valence-electron chi connectivity index (χ1n) is 3.35. The minimum absolute atomic E-state index is 0.200. The quantitative estimate of drug-likeness (QED) is 0.728. The number of rotatable bonds is 2. The van der Waals surface area contributed by atoms with E-state index in [4.69, 9.17) is 0 Å². The van der Waals surface area contributed by atoms with Crippen LogP contribution in [0.1, 0.15) is 0 Å². The molecule has 0 aromatic heterocycles. The van der Waals surface area contributed by atoms with Gasteiger partial charge in [-0.15, -0.1) is 0 Å². The molecular weight excluding hydrogens is 320 g/mol. The molecule has 0 heterocycles. The Morgan fingerprint density at radius 1 is 0.833 bits per heavy atom. The summed E-state index contributed by atoms with van der Waals surface area (Å²) >= 11 is 7.12. The van der Waals surface area contributed by atoms with Crippen LogP contribution in [0.4, 0.5) is 0 Å². The SMILES string of the molecule is C[S+](Br)c1ccc([S+](C)Br)cc1. The molecule has 2 atom stereocenters. The fourth-order valence-electron chi connectivity index (χ4n) is 0.815. The van der Waals surface area contributed by atoms with Crippen LogP contribution in [0.3, 0.4) is 0 Å². The van der Waals surface area contributed by atoms with Crippen LogP contribution in [0.25, 0.3) is 0 Å². The second-order valence-electron chi connectivity index (χ2n) is 2.34. The molecule has 0 saturated heterocycles. The van der Waals surface area contributed by atoms with Gasteiger partial charge in [0.15, 0.2) is 9.79 Å². The molecule has 0 radical (unpaired) electrons. The highest BCUT2D eigenvalue weighted by molar-refractivity contribution is 9.48. The van der Waals surface area contributed by atoms with Crippen molar-refractivity contribution in [2.24, 2.45) is 0 Å². The minimum atomic E-state index is 0.200. The molecule has 1 aromatic carbocycles. The zero-order valence-electron chi connectivity index (χ0n) is 6.88. The minimum Gasteiger partial charge on any atom is -0.000880 e. The van der Waals surface area contributed by atoms with Crippen molar-refractivity contribution in [3.05, 3.63) is 24.3 Å². The molecule has 2 unspecified atom stereocenters. The molecule has 1 aromatic rings. The molecule has 0 fully saturated rings. The van der Waals surface area contributed by atoms with E-state index in [9.17, 15) is 0 Å². The molecule has 0 bridgehead atoms. The summed E-state index contributed by atoms with van der Waals surface area (Å²) in [5, 5.41) is 0. The Bertz CT molecular complexity index is 217. The van der Waals surface area contributed by atoms with Crippen molar-refractivity contribution in [1.82, 2.24) is 0 Å². The van der Waals surface area contributed by atoms with Crippen LogP contribution in [0, 0.1) is 0 Å². The topological polar surface area (TPSA) is 0 Å². The van der Waals surface area contributed by atoms with Gasteiger partial charge in [0.1, 0.15) is 12.5 Å². The molecule has 0 nitrogen and oxygen atoms in total. The van der Waals surface area contributed by atoms with Crippen LogP contribution >= 0.6 is 29.6 Å². The summed E-state index contributed by atoms with van der Waals surface area (Å²) in [7, 11) is 0.400.